The molecule has 4 heterocycles. The van der Waals surface area contributed by atoms with E-state index < -0.39 is 0 Å². The van der Waals surface area contributed by atoms with Crippen LogP contribution in [0, 0.1) is 13.8 Å². The number of nitrogens with one attached hydrogen (secondary N) is 1. The molecule has 1 aliphatic heterocycles. The largest absolute Gasteiger partial charge is 0.313 e. The summed E-state index contributed by atoms with van der Waals surface area (Å²) in [4.78, 5) is 17.4. The number of amides is 1. The zero-order valence-corrected chi connectivity index (χ0v) is 18.1. The molecule has 1 fully saturated rings. The maximum atomic E-state index is 12.7. The fourth-order valence-electron chi connectivity index (χ4n) is 3.81. The van der Waals surface area contributed by atoms with Crippen LogP contribution in [0.15, 0.2) is 34.3 Å². The van der Waals surface area contributed by atoms with Crippen molar-refractivity contribution in [2.24, 2.45) is 0 Å². The Labute approximate surface area is 172 Å². The number of thiophene rings is 3. The molecule has 27 heavy (non-hydrogen) atoms. The number of hydrogen-bond acceptors (Lipinski definition) is 5. The Morgan fingerprint density at radius 3 is 2.63 bits per heavy atom. The Morgan fingerprint density at radius 1 is 1.15 bits per heavy atom. The van der Waals surface area contributed by atoms with Gasteiger partial charge in [-0.2, -0.15) is 11.3 Å². The van der Waals surface area contributed by atoms with Gasteiger partial charge in [-0.05, 0) is 79.2 Å². The highest BCUT2D eigenvalue weighted by Crippen LogP contribution is 2.43. The number of aryl methyl sites for hydroxylation is 1. The van der Waals surface area contributed by atoms with Gasteiger partial charge in [-0.1, -0.05) is 12.5 Å². The highest BCUT2D eigenvalue weighted by atomic mass is 32.1. The lowest BCUT2D eigenvalue weighted by molar-refractivity contribution is 0.103. The van der Waals surface area contributed by atoms with Crippen molar-refractivity contribution in [3.63, 3.8) is 0 Å². The molecule has 3 nitrogen and oxygen atoms in total. The summed E-state index contributed by atoms with van der Waals surface area (Å²) in [7, 11) is 0. The first kappa shape index (κ1) is 18.9. The van der Waals surface area contributed by atoms with E-state index in [1.165, 1.54) is 52.2 Å². The van der Waals surface area contributed by atoms with Crippen molar-refractivity contribution >= 4 is 44.9 Å². The summed E-state index contributed by atoms with van der Waals surface area (Å²) in [5, 5.41) is 10.6. The van der Waals surface area contributed by atoms with Gasteiger partial charge in [0.05, 0.1) is 10.9 Å². The van der Waals surface area contributed by atoms with E-state index in [0.717, 1.165) is 23.0 Å². The monoisotopic (exact) mass is 416 g/mol. The minimum absolute atomic E-state index is 0.00443. The quantitative estimate of drug-likeness (QED) is 0.528. The van der Waals surface area contributed by atoms with Crippen LogP contribution in [-0.2, 0) is 0 Å². The average molecular weight is 417 g/mol. The van der Waals surface area contributed by atoms with E-state index in [2.05, 4.69) is 40.9 Å². The summed E-state index contributed by atoms with van der Waals surface area (Å²) in [5.74, 6) is -0.00443. The third kappa shape index (κ3) is 3.90. The molecule has 3 aromatic rings. The lowest BCUT2D eigenvalue weighted by Gasteiger charge is -2.35. The molecular weight excluding hydrogens is 392 g/mol. The Balaban J connectivity index is 1.74. The second-order valence-corrected chi connectivity index (χ2v) is 9.97. The van der Waals surface area contributed by atoms with Crippen LogP contribution in [0.1, 0.15) is 56.5 Å². The van der Waals surface area contributed by atoms with Gasteiger partial charge >= 0.3 is 0 Å². The minimum Gasteiger partial charge on any atom is -0.313 e. The third-order valence-electron chi connectivity index (χ3n) is 5.29. The van der Waals surface area contributed by atoms with Gasteiger partial charge in [-0.3, -0.25) is 9.69 Å². The van der Waals surface area contributed by atoms with Crippen LogP contribution < -0.4 is 5.32 Å². The highest BCUT2D eigenvalue weighted by Gasteiger charge is 2.30. The zero-order chi connectivity index (χ0) is 18.8. The van der Waals surface area contributed by atoms with Crippen molar-refractivity contribution in [3.8, 4) is 0 Å². The van der Waals surface area contributed by atoms with Gasteiger partial charge in [0.2, 0.25) is 0 Å². The number of carbonyl (C=O) groups is 1. The van der Waals surface area contributed by atoms with E-state index in [0.29, 0.717) is 0 Å². The van der Waals surface area contributed by atoms with E-state index in [1.807, 2.05) is 17.5 Å². The molecule has 1 aliphatic rings. The number of rotatable bonds is 5. The van der Waals surface area contributed by atoms with Gasteiger partial charge in [0.1, 0.15) is 5.00 Å². The molecule has 0 aromatic carbocycles. The number of anilines is 1. The molecule has 1 amide bonds. The van der Waals surface area contributed by atoms with Crippen LogP contribution in [0.3, 0.4) is 0 Å². The summed E-state index contributed by atoms with van der Waals surface area (Å²) in [5.41, 5.74) is 3.93. The molecule has 142 valence electrons. The summed E-state index contributed by atoms with van der Waals surface area (Å²) in [6, 6.07) is 6.27. The molecule has 1 N–H and O–H groups in total. The van der Waals surface area contributed by atoms with Crippen molar-refractivity contribution in [1.82, 2.24) is 4.90 Å². The Kier molecular flexibility index (Phi) is 5.78. The molecule has 0 bridgehead atoms. The fourth-order valence-corrected chi connectivity index (χ4v) is 6.19. The fraction of sp³-hybridized carbons (Fsp3) is 0.381. The molecule has 6 heteroatoms. The van der Waals surface area contributed by atoms with Crippen LogP contribution in [-0.4, -0.2) is 23.9 Å². The second kappa shape index (κ2) is 8.27. The van der Waals surface area contributed by atoms with Gasteiger partial charge in [0, 0.05) is 10.4 Å². The standard InChI is InChI=1S/C21H24N2OS3/c1-14-15(2)27-21(22-20(24)17-7-6-11-26-17)18(14)19(16-8-12-25-13-16)23-9-4-3-5-10-23/h6-8,11-13,19H,3-5,9-10H2,1-2H3,(H,22,24). The summed E-state index contributed by atoms with van der Waals surface area (Å²) in [6.07, 6.45) is 3.82. The topological polar surface area (TPSA) is 32.3 Å². The first-order chi connectivity index (χ1) is 13.1. The van der Waals surface area contributed by atoms with Gasteiger partial charge in [0.15, 0.2) is 0 Å². The SMILES string of the molecule is Cc1sc(NC(=O)c2cccs2)c(C(c2ccsc2)N2CCCCC2)c1C. The van der Waals surface area contributed by atoms with E-state index >= 15 is 0 Å². The molecule has 0 spiro atoms. The Hall–Kier alpha value is -1.47. The van der Waals surface area contributed by atoms with E-state index in [4.69, 9.17) is 0 Å². The number of carbonyl (C=O) groups excluding carboxylic acids is 1. The molecule has 4 rings (SSSR count). The van der Waals surface area contributed by atoms with E-state index in [-0.39, 0.29) is 11.9 Å². The van der Waals surface area contributed by atoms with Crippen molar-refractivity contribution < 1.29 is 4.79 Å². The average Bonchev–Trinajstić information content (AvgIpc) is 3.42. The van der Waals surface area contributed by atoms with Crippen molar-refractivity contribution in [2.45, 2.75) is 39.2 Å². The van der Waals surface area contributed by atoms with Gasteiger partial charge < -0.3 is 5.32 Å². The molecular formula is C21H24N2OS3. The van der Waals surface area contributed by atoms with E-state index in [1.54, 1.807) is 22.7 Å². The van der Waals surface area contributed by atoms with Crippen LogP contribution in [0.5, 0.6) is 0 Å². The zero-order valence-electron chi connectivity index (χ0n) is 15.7. The molecule has 0 radical (unpaired) electrons. The second-order valence-electron chi connectivity index (χ2n) is 7.01. The van der Waals surface area contributed by atoms with Gasteiger partial charge in [-0.15, -0.1) is 22.7 Å². The number of piperidine rings is 1. The third-order valence-corrected chi connectivity index (χ3v) is 8.00. The Bertz CT molecular complexity index is 890. The number of nitrogens with zero attached hydrogens (tertiary/aromatic N) is 1. The van der Waals surface area contributed by atoms with E-state index in [9.17, 15) is 4.79 Å². The van der Waals surface area contributed by atoms with Crippen molar-refractivity contribution in [2.75, 3.05) is 18.4 Å². The lowest BCUT2D eigenvalue weighted by atomic mass is 9.95. The number of hydrogen-bond donors (Lipinski definition) is 1. The molecule has 1 saturated heterocycles. The minimum atomic E-state index is -0.00443. The van der Waals surface area contributed by atoms with Crippen molar-refractivity contribution in [3.05, 3.63) is 60.8 Å². The molecule has 1 atom stereocenters. The predicted molar refractivity (Wildman–Crippen MR) is 118 cm³/mol. The number of likely N-dealkylation sites (tertiary alicyclic amines) is 1. The first-order valence-electron chi connectivity index (χ1n) is 9.36. The molecule has 0 saturated carbocycles. The van der Waals surface area contributed by atoms with Crippen LogP contribution in [0.2, 0.25) is 0 Å². The Morgan fingerprint density at radius 2 is 1.96 bits per heavy atom. The van der Waals surface area contributed by atoms with Gasteiger partial charge in [-0.25, -0.2) is 0 Å². The van der Waals surface area contributed by atoms with Crippen LogP contribution in [0.4, 0.5) is 5.00 Å². The molecule has 3 aromatic heterocycles. The summed E-state index contributed by atoms with van der Waals surface area (Å²) in [6.45, 7) is 6.59. The predicted octanol–water partition coefficient (Wildman–Crippen LogP) is 6.32. The van der Waals surface area contributed by atoms with Gasteiger partial charge in [0.25, 0.3) is 5.91 Å². The molecule has 0 aliphatic carbocycles. The highest BCUT2D eigenvalue weighted by molar-refractivity contribution is 7.17. The normalized spacial score (nSPS) is 16.4. The summed E-state index contributed by atoms with van der Waals surface area (Å²) < 4.78 is 0. The summed E-state index contributed by atoms with van der Waals surface area (Å²) >= 11 is 4.94. The molecule has 1 unspecified atom stereocenters. The maximum Gasteiger partial charge on any atom is 0.266 e. The first-order valence-corrected chi connectivity index (χ1v) is 12.0. The smallest absolute Gasteiger partial charge is 0.266 e. The van der Waals surface area contributed by atoms with Crippen molar-refractivity contribution in [1.29, 1.82) is 0 Å². The van der Waals surface area contributed by atoms with Crippen LogP contribution >= 0.6 is 34.0 Å². The maximum absolute atomic E-state index is 12.7. The lowest BCUT2D eigenvalue weighted by Crippen LogP contribution is -2.34. The van der Waals surface area contributed by atoms with Crippen LogP contribution in [0.25, 0.3) is 0 Å².